The van der Waals surface area contributed by atoms with Crippen LogP contribution < -0.4 is 5.32 Å². The molecule has 0 amide bonds. The van der Waals surface area contributed by atoms with Gasteiger partial charge < -0.3 is 10.1 Å². The molecule has 0 spiro atoms. The minimum atomic E-state index is -0.295. The zero-order chi connectivity index (χ0) is 12.7. The monoisotopic (exact) mass is 240 g/mol. The van der Waals surface area contributed by atoms with Gasteiger partial charge in [0.15, 0.2) is 0 Å². The first-order chi connectivity index (χ1) is 8.17. The molecule has 0 aromatic carbocycles. The normalized spacial score (nSPS) is 14.6. The summed E-state index contributed by atoms with van der Waals surface area (Å²) in [4.78, 5) is 4.11. The standard InChI is InChI=1S/C13H21FN2O/c1-4-12(16-10(2)7-8-17-3)13-6-5-11(14)9-15-13/h5-6,9-10,12,16H,4,7-8H2,1-3H3. The number of nitrogens with one attached hydrogen (secondary N) is 1. The van der Waals surface area contributed by atoms with Crippen LogP contribution in [0.2, 0.25) is 0 Å². The Morgan fingerprint density at radius 1 is 1.47 bits per heavy atom. The smallest absolute Gasteiger partial charge is 0.141 e. The van der Waals surface area contributed by atoms with Gasteiger partial charge in [0.05, 0.1) is 11.9 Å². The summed E-state index contributed by atoms with van der Waals surface area (Å²) >= 11 is 0. The largest absolute Gasteiger partial charge is 0.385 e. The lowest BCUT2D eigenvalue weighted by Gasteiger charge is -2.21. The molecule has 0 saturated carbocycles. The average Bonchev–Trinajstić information content (AvgIpc) is 2.34. The molecular weight excluding hydrogens is 219 g/mol. The maximum absolute atomic E-state index is 12.8. The molecule has 96 valence electrons. The quantitative estimate of drug-likeness (QED) is 0.795. The van der Waals surface area contributed by atoms with Gasteiger partial charge in [-0.25, -0.2) is 4.39 Å². The van der Waals surface area contributed by atoms with Crippen LogP contribution in [-0.2, 0) is 4.74 Å². The lowest BCUT2D eigenvalue weighted by atomic mass is 10.1. The number of halogens is 1. The molecule has 2 unspecified atom stereocenters. The molecular formula is C13H21FN2O. The lowest BCUT2D eigenvalue weighted by molar-refractivity contribution is 0.182. The van der Waals surface area contributed by atoms with Crippen LogP contribution in [0.5, 0.6) is 0 Å². The minimum Gasteiger partial charge on any atom is -0.385 e. The van der Waals surface area contributed by atoms with Crippen molar-refractivity contribution in [2.75, 3.05) is 13.7 Å². The van der Waals surface area contributed by atoms with E-state index in [-0.39, 0.29) is 11.9 Å². The van der Waals surface area contributed by atoms with E-state index in [9.17, 15) is 4.39 Å². The van der Waals surface area contributed by atoms with Crippen LogP contribution in [-0.4, -0.2) is 24.7 Å². The summed E-state index contributed by atoms with van der Waals surface area (Å²) in [6, 6.07) is 3.71. The Bertz CT molecular complexity index is 316. The van der Waals surface area contributed by atoms with Crippen LogP contribution in [0.25, 0.3) is 0 Å². The SMILES string of the molecule is CCC(NC(C)CCOC)c1ccc(F)cn1. The molecule has 1 aromatic rings. The molecule has 17 heavy (non-hydrogen) atoms. The number of pyridine rings is 1. The summed E-state index contributed by atoms with van der Waals surface area (Å²) in [6.07, 6.45) is 3.14. The zero-order valence-corrected chi connectivity index (χ0v) is 10.7. The van der Waals surface area contributed by atoms with Crippen molar-refractivity contribution in [2.45, 2.75) is 38.8 Å². The van der Waals surface area contributed by atoms with E-state index >= 15 is 0 Å². The second-order valence-corrected chi connectivity index (χ2v) is 4.21. The van der Waals surface area contributed by atoms with Gasteiger partial charge in [-0.15, -0.1) is 0 Å². The maximum atomic E-state index is 12.8. The third kappa shape index (κ3) is 4.79. The van der Waals surface area contributed by atoms with Gasteiger partial charge in [0.2, 0.25) is 0 Å². The molecule has 1 aromatic heterocycles. The molecule has 0 aliphatic carbocycles. The number of nitrogens with zero attached hydrogens (tertiary/aromatic N) is 1. The van der Waals surface area contributed by atoms with Crippen molar-refractivity contribution >= 4 is 0 Å². The molecule has 1 N–H and O–H groups in total. The molecule has 0 aliphatic rings. The molecule has 0 bridgehead atoms. The van der Waals surface area contributed by atoms with Gasteiger partial charge >= 0.3 is 0 Å². The Balaban J connectivity index is 2.56. The topological polar surface area (TPSA) is 34.1 Å². The summed E-state index contributed by atoms with van der Waals surface area (Å²) in [5.41, 5.74) is 0.887. The highest BCUT2D eigenvalue weighted by Crippen LogP contribution is 2.15. The Kier molecular flexibility index (Phi) is 6.08. The van der Waals surface area contributed by atoms with E-state index in [1.54, 1.807) is 13.2 Å². The predicted molar refractivity (Wildman–Crippen MR) is 66.3 cm³/mol. The summed E-state index contributed by atoms with van der Waals surface area (Å²) < 4.78 is 17.8. The third-order valence-electron chi connectivity index (χ3n) is 2.76. The molecule has 3 nitrogen and oxygen atoms in total. The number of aromatic nitrogens is 1. The Morgan fingerprint density at radius 3 is 2.76 bits per heavy atom. The van der Waals surface area contributed by atoms with Crippen molar-refractivity contribution < 1.29 is 9.13 Å². The second-order valence-electron chi connectivity index (χ2n) is 4.21. The van der Waals surface area contributed by atoms with E-state index in [4.69, 9.17) is 4.74 Å². The van der Waals surface area contributed by atoms with E-state index in [1.165, 1.54) is 12.3 Å². The van der Waals surface area contributed by atoms with Gasteiger partial charge in [0, 0.05) is 25.8 Å². The summed E-state index contributed by atoms with van der Waals surface area (Å²) in [7, 11) is 1.70. The van der Waals surface area contributed by atoms with Crippen molar-refractivity contribution in [1.82, 2.24) is 10.3 Å². The van der Waals surface area contributed by atoms with Crippen molar-refractivity contribution in [3.63, 3.8) is 0 Å². The Morgan fingerprint density at radius 2 is 2.24 bits per heavy atom. The van der Waals surface area contributed by atoms with E-state index in [2.05, 4.69) is 24.1 Å². The molecule has 2 atom stereocenters. The van der Waals surface area contributed by atoms with Gasteiger partial charge in [0.1, 0.15) is 5.82 Å². The fraction of sp³-hybridized carbons (Fsp3) is 0.615. The average molecular weight is 240 g/mol. The first-order valence-electron chi connectivity index (χ1n) is 6.03. The third-order valence-corrected chi connectivity index (χ3v) is 2.76. The minimum absolute atomic E-state index is 0.169. The molecule has 0 saturated heterocycles. The number of hydrogen-bond donors (Lipinski definition) is 1. The van der Waals surface area contributed by atoms with Crippen molar-refractivity contribution in [3.8, 4) is 0 Å². The van der Waals surface area contributed by atoms with E-state index < -0.39 is 0 Å². The number of methoxy groups -OCH3 is 1. The number of hydrogen-bond acceptors (Lipinski definition) is 3. The van der Waals surface area contributed by atoms with Gasteiger partial charge in [-0.3, -0.25) is 4.98 Å². The van der Waals surface area contributed by atoms with Crippen molar-refractivity contribution in [1.29, 1.82) is 0 Å². The van der Waals surface area contributed by atoms with E-state index in [1.807, 2.05) is 0 Å². The first kappa shape index (κ1) is 14.1. The maximum Gasteiger partial charge on any atom is 0.141 e. The fourth-order valence-corrected chi connectivity index (χ4v) is 1.73. The van der Waals surface area contributed by atoms with Crippen LogP contribution >= 0.6 is 0 Å². The molecule has 4 heteroatoms. The second kappa shape index (κ2) is 7.35. The number of ether oxygens (including phenoxy) is 1. The number of rotatable bonds is 7. The molecule has 0 radical (unpaired) electrons. The highest BCUT2D eigenvalue weighted by molar-refractivity contribution is 5.09. The van der Waals surface area contributed by atoms with Gasteiger partial charge in [0.25, 0.3) is 0 Å². The Hall–Kier alpha value is -1.00. The fourth-order valence-electron chi connectivity index (χ4n) is 1.73. The lowest BCUT2D eigenvalue weighted by Crippen LogP contribution is -2.31. The molecule has 1 heterocycles. The van der Waals surface area contributed by atoms with Gasteiger partial charge in [-0.1, -0.05) is 6.92 Å². The van der Waals surface area contributed by atoms with Crippen LogP contribution in [0.4, 0.5) is 4.39 Å². The summed E-state index contributed by atoms with van der Waals surface area (Å²) in [5.74, 6) is -0.295. The highest BCUT2D eigenvalue weighted by atomic mass is 19.1. The summed E-state index contributed by atoms with van der Waals surface area (Å²) in [6.45, 7) is 4.94. The van der Waals surface area contributed by atoms with Crippen LogP contribution in [0.15, 0.2) is 18.3 Å². The van der Waals surface area contributed by atoms with E-state index in [0.717, 1.165) is 25.1 Å². The van der Waals surface area contributed by atoms with Gasteiger partial charge in [-0.05, 0) is 31.9 Å². The van der Waals surface area contributed by atoms with Crippen LogP contribution in [0, 0.1) is 5.82 Å². The van der Waals surface area contributed by atoms with E-state index in [0.29, 0.717) is 6.04 Å². The predicted octanol–water partition coefficient (Wildman–Crippen LogP) is 2.69. The van der Waals surface area contributed by atoms with Gasteiger partial charge in [-0.2, -0.15) is 0 Å². The zero-order valence-electron chi connectivity index (χ0n) is 10.7. The Labute approximate surface area is 102 Å². The van der Waals surface area contributed by atoms with Crippen LogP contribution in [0.3, 0.4) is 0 Å². The molecule has 1 rings (SSSR count). The van der Waals surface area contributed by atoms with Crippen LogP contribution in [0.1, 0.15) is 38.4 Å². The van der Waals surface area contributed by atoms with Crippen molar-refractivity contribution in [3.05, 3.63) is 29.8 Å². The highest BCUT2D eigenvalue weighted by Gasteiger charge is 2.13. The molecule has 0 fully saturated rings. The first-order valence-corrected chi connectivity index (χ1v) is 6.03. The summed E-state index contributed by atoms with van der Waals surface area (Å²) in [5, 5.41) is 3.47. The van der Waals surface area contributed by atoms with Crippen molar-refractivity contribution in [2.24, 2.45) is 0 Å². The molecule has 0 aliphatic heterocycles.